The molecule has 1 amide bonds. The van der Waals surface area contributed by atoms with Gasteiger partial charge in [0, 0.05) is 6.07 Å². The number of nitrogens with one attached hydrogen (secondary N) is 1. The standard InChI is InChI=1S/C15H17N3O3/c1-21-14-7-4-11(9-17-14)18-15(20)13(16)8-10-2-5-12(19)6-3-10/h2-7,9,13,19H,8,16H2,1H3,(H,18,20)/t13-/m1/s1. The maximum atomic E-state index is 12.0. The number of hydrogen-bond donors (Lipinski definition) is 3. The van der Waals surface area contributed by atoms with Crippen LogP contribution in [0.5, 0.6) is 11.6 Å². The van der Waals surface area contributed by atoms with E-state index in [0.717, 1.165) is 5.56 Å². The number of hydrogen-bond acceptors (Lipinski definition) is 5. The Bertz CT molecular complexity index is 597. The van der Waals surface area contributed by atoms with Crippen molar-refractivity contribution in [2.45, 2.75) is 12.5 Å². The van der Waals surface area contributed by atoms with E-state index in [2.05, 4.69) is 10.3 Å². The summed E-state index contributed by atoms with van der Waals surface area (Å²) in [4.78, 5) is 16.0. The van der Waals surface area contributed by atoms with Crippen molar-refractivity contribution < 1.29 is 14.6 Å². The molecule has 1 heterocycles. The van der Waals surface area contributed by atoms with Crippen LogP contribution in [0.1, 0.15) is 5.56 Å². The van der Waals surface area contributed by atoms with Crippen molar-refractivity contribution in [1.29, 1.82) is 0 Å². The first-order valence-electron chi connectivity index (χ1n) is 6.43. The van der Waals surface area contributed by atoms with Crippen LogP contribution in [0.2, 0.25) is 0 Å². The number of aromatic nitrogens is 1. The molecule has 6 heteroatoms. The monoisotopic (exact) mass is 287 g/mol. The maximum absolute atomic E-state index is 12.0. The van der Waals surface area contributed by atoms with Gasteiger partial charge in [-0.15, -0.1) is 0 Å². The molecule has 0 aliphatic rings. The first kappa shape index (κ1) is 14.8. The average molecular weight is 287 g/mol. The van der Waals surface area contributed by atoms with Crippen molar-refractivity contribution in [3.63, 3.8) is 0 Å². The van der Waals surface area contributed by atoms with Gasteiger partial charge in [0.1, 0.15) is 5.75 Å². The molecule has 0 aliphatic heterocycles. The Kier molecular flexibility index (Phi) is 4.73. The number of ether oxygens (including phenoxy) is 1. The van der Waals surface area contributed by atoms with Crippen LogP contribution < -0.4 is 15.8 Å². The third-order valence-corrected chi connectivity index (χ3v) is 2.94. The molecular formula is C15H17N3O3. The molecule has 0 fully saturated rings. The second-order valence-electron chi connectivity index (χ2n) is 4.56. The number of rotatable bonds is 5. The number of anilines is 1. The topological polar surface area (TPSA) is 97.5 Å². The molecule has 0 aliphatic carbocycles. The molecule has 0 radical (unpaired) electrons. The highest BCUT2D eigenvalue weighted by molar-refractivity contribution is 5.94. The predicted octanol–water partition coefficient (Wildman–Crippen LogP) is 1.30. The SMILES string of the molecule is COc1ccc(NC(=O)[C@H](N)Cc2ccc(O)cc2)cn1. The summed E-state index contributed by atoms with van der Waals surface area (Å²) >= 11 is 0. The number of methoxy groups -OCH3 is 1. The maximum Gasteiger partial charge on any atom is 0.241 e. The summed E-state index contributed by atoms with van der Waals surface area (Å²) in [7, 11) is 1.52. The van der Waals surface area contributed by atoms with Gasteiger partial charge >= 0.3 is 0 Å². The fourth-order valence-corrected chi connectivity index (χ4v) is 1.79. The predicted molar refractivity (Wildman–Crippen MR) is 79.2 cm³/mol. The average Bonchev–Trinajstić information content (AvgIpc) is 2.50. The molecule has 4 N–H and O–H groups in total. The van der Waals surface area contributed by atoms with Crippen LogP contribution in [0, 0.1) is 0 Å². The van der Waals surface area contributed by atoms with Gasteiger partial charge in [0.2, 0.25) is 11.8 Å². The molecule has 110 valence electrons. The first-order chi connectivity index (χ1) is 10.1. The molecule has 2 aromatic rings. The van der Waals surface area contributed by atoms with E-state index in [4.69, 9.17) is 10.5 Å². The zero-order valence-corrected chi connectivity index (χ0v) is 11.6. The molecule has 6 nitrogen and oxygen atoms in total. The fourth-order valence-electron chi connectivity index (χ4n) is 1.79. The number of benzene rings is 1. The van der Waals surface area contributed by atoms with Crippen LogP contribution in [0.4, 0.5) is 5.69 Å². The van der Waals surface area contributed by atoms with E-state index < -0.39 is 6.04 Å². The molecule has 1 aromatic heterocycles. The van der Waals surface area contributed by atoms with Crippen molar-refractivity contribution >= 4 is 11.6 Å². The van der Waals surface area contributed by atoms with Crippen molar-refractivity contribution in [3.05, 3.63) is 48.2 Å². The highest BCUT2D eigenvalue weighted by Crippen LogP contribution is 2.13. The Morgan fingerprint density at radius 2 is 2.05 bits per heavy atom. The summed E-state index contributed by atoms with van der Waals surface area (Å²) in [6.07, 6.45) is 1.89. The molecule has 0 saturated carbocycles. The third-order valence-electron chi connectivity index (χ3n) is 2.94. The van der Waals surface area contributed by atoms with Crippen molar-refractivity contribution in [2.24, 2.45) is 5.73 Å². The van der Waals surface area contributed by atoms with Gasteiger partial charge < -0.3 is 20.9 Å². The highest BCUT2D eigenvalue weighted by Gasteiger charge is 2.14. The van der Waals surface area contributed by atoms with E-state index >= 15 is 0 Å². The number of nitrogens with zero attached hydrogens (tertiary/aromatic N) is 1. The summed E-state index contributed by atoms with van der Waals surface area (Å²) in [6.45, 7) is 0. The van der Waals surface area contributed by atoms with Gasteiger partial charge in [0.15, 0.2) is 0 Å². The number of pyridine rings is 1. The van der Waals surface area contributed by atoms with Crippen LogP contribution in [-0.2, 0) is 11.2 Å². The lowest BCUT2D eigenvalue weighted by Gasteiger charge is -2.12. The zero-order chi connectivity index (χ0) is 15.2. The second-order valence-corrected chi connectivity index (χ2v) is 4.56. The smallest absolute Gasteiger partial charge is 0.241 e. The Balaban J connectivity index is 1.93. The molecule has 0 spiro atoms. The molecule has 21 heavy (non-hydrogen) atoms. The van der Waals surface area contributed by atoms with Crippen LogP contribution in [0.15, 0.2) is 42.6 Å². The minimum atomic E-state index is -0.684. The number of nitrogens with two attached hydrogens (primary N) is 1. The molecular weight excluding hydrogens is 270 g/mol. The summed E-state index contributed by atoms with van der Waals surface area (Å²) < 4.78 is 4.94. The summed E-state index contributed by atoms with van der Waals surface area (Å²) in [5, 5.41) is 11.9. The van der Waals surface area contributed by atoms with Crippen molar-refractivity contribution in [1.82, 2.24) is 4.98 Å². The number of phenols is 1. The van der Waals surface area contributed by atoms with Gasteiger partial charge in [0.25, 0.3) is 0 Å². The highest BCUT2D eigenvalue weighted by atomic mass is 16.5. The lowest BCUT2D eigenvalue weighted by Crippen LogP contribution is -2.37. The molecule has 0 bridgehead atoms. The van der Waals surface area contributed by atoms with E-state index in [9.17, 15) is 9.90 Å². The van der Waals surface area contributed by atoms with E-state index in [0.29, 0.717) is 18.0 Å². The summed E-state index contributed by atoms with van der Waals surface area (Å²) in [5.74, 6) is 0.359. The Morgan fingerprint density at radius 1 is 1.33 bits per heavy atom. The fraction of sp³-hybridized carbons (Fsp3) is 0.200. The summed E-state index contributed by atoms with van der Waals surface area (Å²) in [6, 6.07) is 9.25. The lowest BCUT2D eigenvalue weighted by atomic mass is 10.1. The minimum absolute atomic E-state index is 0.182. The van der Waals surface area contributed by atoms with E-state index in [1.165, 1.54) is 13.3 Å². The number of amides is 1. The molecule has 2 rings (SSSR count). The van der Waals surface area contributed by atoms with E-state index in [-0.39, 0.29) is 11.7 Å². The summed E-state index contributed by atoms with van der Waals surface area (Å²) in [5.41, 5.74) is 7.31. The van der Waals surface area contributed by atoms with E-state index in [1.54, 1.807) is 36.4 Å². The van der Waals surface area contributed by atoms with Gasteiger partial charge in [-0.1, -0.05) is 12.1 Å². The Hall–Kier alpha value is -2.60. The van der Waals surface area contributed by atoms with Crippen LogP contribution >= 0.6 is 0 Å². The molecule has 0 unspecified atom stereocenters. The minimum Gasteiger partial charge on any atom is -0.508 e. The third kappa shape index (κ3) is 4.19. The number of carbonyl (C=O) groups is 1. The van der Waals surface area contributed by atoms with Crippen LogP contribution in [-0.4, -0.2) is 29.1 Å². The van der Waals surface area contributed by atoms with Crippen molar-refractivity contribution in [2.75, 3.05) is 12.4 Å². The van der Waals surface area contributed by atoms with Gasteiger partial charge in [-0.2, -0.15) is 0 Å². The van der Waals surface area contributed by atoms with Crippen LogP contribution in [0.25, 0.3) is 0 Å². The number of carbonyl (C=O) groups excluding carboxylic acids is 1. The van der Waals surface area contributed by atoms with Gasteiger partial charge in [0.05, 0.1) is 25.0 Å². The zero-order valence-electron chi connectivity index (χ0n) is 11.6. The molecule has 1 aromatic carbocycles. The van der Waals surface area contributed by atoms with Crippen LogP contribution in [0.3, 0.4) is 0 Å². The van der Waals surface area contributed by atoms with Gasteiger partial charge in [-0.3, -0.25) is 4.79 Å². The van der Waals surface area contributed by atoms with Gasteiger partial charge in [-0.25, -0.2) is 4.98 Å². The van der Waals surface area contributed by atoms with E-state index in [1.807, 2.05) is 0 Å². The molecule has 1 atom stereocenters. The van der Waals surface area contributed by atoms with Gasteiger partial charge in [-0.05, 0) is 30.2 Å². The number of aromatic hydroxyl groups is 1. The largest absolute Gasteiger partial charge is 0.508 e. The second kappa shape index (κ2) is 6.71. The van der Waals surface area contributed by atoms with Crippen molar-refractivity contribution in [3.8, 4) is 11.6 Å². The Labute approximate surface area is 122 Å². The normalized spacial score (nSPS) is 11.7. The quantitative estimate of drug-likeness (QED) is 0.770. The number of phenolic OH excluding ortho intramolecular Hbond substituents is 1. The lowest BCUT2D eigenvalue weighted by molar-refractivity contribution is -0.117. The molecule has 0 saturated heterocycles. The Morgan fingerprint density at radius 3 is 2.62 bits per heavy atom. The first-order valence-corrected chi connectivity index (χ1v) is 6.43.